The van der Waals surface area contributed by atoms with Gasteiger partial charge in [0, 0.05) is 10.3 Å². The van der Waals surface area contributed by atoms with Crippen LogP contribution in [0.25, 0.3) is 54.6 Å². The van der Waals surface area contributed by atoms with E-state index in [4.69, 9.17) is 4.74 Å². The molecule has 6 aromatic rings. The third-order valence-corrected chi connectivity index (χ3v) is 11.4. The summed E-state index contributed by atoms with van der Waals surface area (Å²) in [5.74, 6) is 1.84. The molecule has 1 heterocycles. The number of thioether (sulfide) groups is 1. The second kappa shape index (κ2) is 13.5. The quantitative estimate of drug-likeness (QED) is 0.0917. The summed E-state index contributed by atoms with van der Waals surface area (Å²) < 4.78 is 6.46. The first-order valence-corrected chi connectivity index (χ1v) is 18.0. The van der Waals surface area contributed by atoms with Crippen molar-refractivity contribution >= 4 is 55.2 Å². The molecule has 0 radical (unpaired) electrons. The molecule has 0 saturated carbocycles. The summed E-state index contributed by atoms with van der Waals surface area (Å²) in [6, 6.07) is 41.8. The van der Waals surface area contributed by atoms with Gasteiger partial charge in [-0.3, -0.25) is 0 Å². The molecule has 6 aromatic carbocycles. The molecule has 0 fully saturated rings. The van der Waals surface area contributed by atoms with E-state index in [2.05, 4.69) is 168 Å². The molecule has 0 unspecified atom stereocenters. The minimum absolute atomic E-state index is 0.120. The van der Waals surface area contributed by atoms with E-state index in [1.165, 1.54) is 70.6 Å². The van der Waals surface area contributed by atoms with Crippen molar-refractivity contribution in [3.63, 3.8) is 0 Å². The number of ether oxygens (including phenoxy) is 1. The second-order valence-electron chi connectivity index (χ2n) is 13.3. The summed E-state index contributed by atoms with van der Waals surface area (Å²) in [7, 11) is 0. The maximum Gasteiger partial charge on any atom is 0.110 e. The van der Waals surface area contributed by atoms with Crippen LogP contribution in [-0.2, 0) is 4.74 Å². The number of benzene rings is 6. The van der Waals surface area contributed by atoms with E-state index >= 15 is 0 Å². The number of hydrogen-bond acceptors (Lipinski definition) is 2. The molecule has 1 aliphatic heterocycles. The first-order chi connectivity index (χ1) is 23.8. The van der Waals surface area contributed by atoms with E-state index in [0.717, 1.165) is 22.6 Å². The predicted octanol–water partition coefficient (Wildman–Crippen LogP) is 13.5. The van der Waals surface area contributed by atoms with E-state index in [1.54, 1.807) is 11.8 Å². The summed E-state index contributed by atoms with van der Waals surface area (Å²) in [6.07, 6.45) is 6.36. The Balaban J connectivity index is 1.14. The minimum atomic E-state index is -0.120. The van der Waals surface area contributed by atoms with Gasteiger partial charge in [0.15, 0.2) is 0 Å². The Kier molecular flexibility index (Phi) is 8.92. The maximum absolute atomic E-state index is 6.46. The highest BCUT2D eigenvalue weighted by atomic mass is 32.2. The van der Waals surface area contributed by atoms with Crippen LogP contribution in [0, 0.1) is 5.41 Å². The lowest BCUT2D eigenvalue weighted by Gasteiger charge is -2.36. The first-order valence-electron chi connectivity index (χ1n) is 17.0. The van der Waals surface area contributed by atoms with Crippen LogP contribution in [-0.4, -0.2) is 12.4 Å². The van der Waals surface area contributed by atoms with Crippen molar-refractivity contribution in [2.75, 3.05) is 12.4 Å². The van der Waals surface area contributed by atoms with Gasteiger partial charge in [-0.05, 0) is 103 Å². The van der Waals surface area contributed by atoms with Crippen LogP contribution in [0.15, 0.2) is 168 Å². The summed E-state index contributed by atoms with van der Waals surface area (Å²) in [5, 5.41) is 7.79. The number of allylic oxidation sites excluding steroid dienone is 6. The Morgan fingerprint density at radius 2 is 1.33 bits per heavy atom. The molecule has 1 aliphatic rings. The molecule has 0 spiro atoms. The topological polar surface area (TPSA) is 9.23 Å². The van der Waals surface area contributed by atoms with Crippen molar-refractivity contribution in [3.8, 4) is 11.1 Å². The van der Waals surface area contributed by atoms with Gasteiger partial charge in [0.2, 0.25) is 0 Å². The van der Waals surface area contributed by atoms with Crippen molar-refractivity contribution in [1.29, 1.82) is 0 Å². The Morgan fingerprint density at radius 1 is 0.755 bits per heavy atom. The molecule has 0 N–H and O–H groups in total. The van der Waals surface area contributed by atoms with Crippen LogP contribution in [0.5, 0.6) is 0 Å². The van der Waals surface area contributed by atoms with Crippen molar-refractivity contribution in [2.45, 2.75) is 32.6 Å². The average molecular weight is 655 g/mol. The first kappa shape index (κ1) is 32.5. The van der Waals surface area contributed by atoms with Crippen molar-refractivity contribution in [3.05, 3.63) is 175 Å². The van der Waals surface area contributed by atoms with Gasteiger partial charge in [0.25, 0.3) is 0 Å². The molecule has 0 amide bonds. The van der Waals surface area contributed by atoms with E-state index in [9.17, 15) is 0 Å². The molecular weight excluding hydrogens is 613 g/mol. The van der Waals surface area contributed by atoms with E-state index in [0.29, 0.717) is 6.61 Å². The molecule has 0 saturated heterocycles. The van der Waals surface area contributed by atoms with Gasteiger partial charge in [-0.2, -0.15) is 0 Å². The predicted molar refractivity (Wildman–Crippen MR) is 215 cm³/mol. The van der Waals surface area contributed by atoms with E-state index in [1.807, 2.05) is 6.08 Å². The van der Waals surface area contributed by atoms with Gasteiger partial charge in [0.05, 0.1) is 5.75 Å². The Hall–Kier alpha value is -5.05. The minimum Gasteiger partial charge on any atom is -0.493 e. The van der Waals surface area contributed by atoms with Crippen molar-refractivity contribution < 1.29 is 4.74 Å². The fourth-order valence-electron chi connectivity index (χ4n) is 6.99. The lowest BCUT2D eigenvalue weighted by atomic mass is 9.75. The second-order valence-corrected chi connectivity index (χ2v) is 14.3. The molecule has 0 aliphatic carbocycles. The SMILES string of the molecule is C=CC(=C)c1ccccc1SCC1=C(C)C(C)(C)/C(=C/C(=C\C)c2ccc(-c3ccc4c5ccccc5c5ccccc5c4c3)cc2)CO1. The largest absolute Gasteiger partial charge is 0.493 e. The fraction of sp³-hybridized carbons (Fsp3) is 0.149. The maximum atomic E-state index is 6.46. The molecular formula is C47H42OS. The molecule has 2 heteroatoms. The molecule has 1 nitrogen and oxygen atoms in total. The van der Waals surface area contributed by atoms with Crippen molar-refractivity contribution in [2.24, 2.45) is 5.41 Å². The summed E-state index contributed by atoms with van der Waals surface area (Å²) in [4.78, 5) is 1.20. The zero-order chi connectivity index (χ0) is 34.1. The highest BCUT2D eigenvalue weighted by molar-refractivity contribution is 7.99. The van der Waals surface area contributed by atoms with Gasteiger partial charge < -0.3 is 4.74 Å². The number of rotatable bonds is 8. The highest BCUT2D eigenvalue weighted by Crippen LogP contribution is 2.44. The standard InChI is InChI=1S/C47H42OS/c1-7-31(3)38-15-13-14-20-46(38)49-30-45-32(4)47(5,6)37(29-48-45)27-33(8-2)34-21-23-35(24-22-34)36-25-26-43-41-18-10-9-16-39(41)40-17-11-12-19-42(40)44(43)28-36/h7-28H,1,3,29-30H2,2,4-6H3/b33-8+,37-27+. The molecule has 242 valence electrons. The normalized spacial score (nSPS) is 15.6. The zero-order valence-electron chi connectivity index (χ0n) is 28.8. The van der Waals surface area contributed by atoms with Gasteiger partial charge in [-0.15, -0.1) is 11.8 Å². The summed E-state index contributed by atoms with van der Waals surface area (Å²) in [6.45, 7) is 17.6. The average Bonchev–Trinajstić information content (AvgIpc) is 3.15. The lowest BCUT2D eigenvalue weighted by Crippen LogP contribution is -2.27. The molecule has 0 aromatic heterocycles. The zero-order valence-corrected chi connectivity index (χ0v) is 29.7. The van der Waals surface area contributed by atoms with Gasteiger partial charge in [-0.1, -0.05) is 148 Å². The highest BCUT2D eigenvalue weighted by Gasteiger charge is 2.33. The van der Waals surface area contributed by atoms with Crippen molar-refractivity contribution in [1.82, 2.24) is 0 Å². The molecule has 0 bridgehead atoms. The van der Waals surface area contributed by atoms with Gasteiger partial charge >= 0.3 is 0 Å². The monoisotopic (exact) mass is 654 g/mol. The third kappa shape index (κ3) is 6.07. The van der Waals surface area contributed by atoms with Crippen LogP contribution in [0.3, 0.4) is 0 Å². The Morgan fingerprint density at radius 3 is 1.96 bits per heavy atom. The fourth-order valence-corrected chi connectivity index (χ4v) is 8.11. The van der Waals surface area contributed by atoms with E-state index < -0.39 is 0 Å². The molecule has 0 atom stereocenters. The van der Waals surface area contributed by atoms with Gasteiger partial charge in [0.1, 0.15) is 12.4 Å². The van der Waals surface area contributed by atoms with E-state index in [-0.39, 0.29) is 5.41 Å². The van der Waals surface area contributed by atoms with Crippen LogP contribution in [0.4, 0.5) is 0 Å². The third-order valence-electron chi connectivity index (χ3n) is 10.3. The lowest BCUT2D eigenvalue weighted by molar-refractivity contribution is 0.192. The Labute approximate surface area is 295 Å². The van der Waals surface area contributed by atoms with Crippen LogP contribution in [0.2, 0.25) is 0 Å². The summed E-state index contributed by atoms with van der Waals surface area (Å²) in [5.41, 5.74) is 9.36. The molecule has 7 rings (SSSR count). The summed E-state index contributed by atoms with van der Waals surface area (Å²) >= 11 is 1.80. The van der Waals surface area contributed by atoms with Gasteiger partial charge in [-0.25, -0.2) is 0 Å². The number of hydrogen-bond donors (Lipinski definition) is 0. The molecule has 49 heavy (non-hydrogen) atoms. The number of fused-ring (bicyclic) bond motifs is 6. The van der Waals surface area contributed by atoms with Crippen LogP contribution >= 0.6 is 11.8 Å². The Bertz CT molecular complexity index is 2310. The van der Waals surface area contributed by atoms with Crippen LogP contribution in [0.1, 0.15) is 38.8 Å². The van der Waals surface area contributed by atoms with Crippen LogP contribution < -0.4 is 0 Å². The smallest absolute Gasteiger partial charge is 0.110 e.